The van der Waals surface area contributed by atoms with E-state index in [0.29, 0.717) is 0 Å². The van der Waals surface area contributed by atoms with E-state index in [1.807, 2.05) is 0 Å². The van der Waals surface area contributed by atoms with Crippen molar-refractivity contribution in [2.45, 2.75) is 0 Å². The molecule has 40 heavy (non-hydrogen) atoms. The molecule has 0 fully saturated rings. The zero-order chi connectivity index (χ0) is 26.3. The van der Waals surface area contributed by atoms with E-state index in [9.17, 15) is 0 Å². The number of fused-ring (bicyclic) bond motifs is 6. The first-order valence-corrected chi connectivity index (χ1v) is 15.9. The number of anilines is 3. The highest BCUT2D eigenvalue weighted by atomic mass is 28.3. The lowest BCUT2D eigenvalue weighted by Crippen LogP contribution is -2.87. The van der Waals surface area contributed by atoms with Crippen LogP contribution in [0.15, 0.2) is 146 Å². The second-order valence-corrected chi connectivity index (χ2v) is 14.6. The fraction of sp³-hybridized carbons (Fsp3) is 0. The minimum absolute atomic E-state index is 0.135. The Morgan fingerprint density at radius 2 is 1.05 bits per heavy atom. The van der Waals surface area contributed by atoms with Crippen LogP contribution in [0.1, 0.15) is 0 Å². The van der Waals surface area contributed by atoms with E-state index < -0.39 is 8.07 Å². The Labute approximate surface area is 235 Å². The van der Waals surface area contributed by atoms with Gasteiger partial charge in [0.15, 0.2) is 19.6 Å². The van der Waals surface area contributed by atoms with E-state index in [-0.39, 0.29) is 6.71 Å². The molecule has 6 aromatic carbocycles. The summed E-state index contributed by atoms with van der Waals surface area (Å²) >= 11 is 0. The molecule has 0 N–H and O–H groups in total. The van der Waals surface area contributed by atoms with Crippen molar-refractivity contribution < 1.29 is 4.74 Å². The highest BCUT2D eigenvalue weighted by Crippen LogP contribution is 2.50. The van der Waals surface area contributed by atoms with Crippen LogP contribution in [-0.4, -0.2) is 14.8 Å². The fourth-order valence-electron chi connectivity index (χ4n) is 7.57. The first-order valence-electron chi connectivity index (χ1n) is 13.9. The minimum atomic E-state index is -2.64. The van der Waals surface area contributed by atoms with Crippen LogP contribution in [0.3, 0.4) is 0 Å². The van der Waals surface area contributed by atoms with Gasteiger partial charge in [-0.05, 0) is 55.9 Å². The molecule has 0 aliphatic carbocycles. The van der Waals surface area contributed by atoms with Gasteiger partial charge in [0.2, 0.25) is 6.71 Å². The lowest BCUT2D eigenvalue weighted by Gasteiger charge is -2.48. The molecule has 3 aliphatic rings. The molecule has 2 nitrogen and oxygen atoms in total. The third kappa shape index (κ3) is 2.69. The highest BCUT2D eigenvalue weighted by molar-refractivity contribution is 7.26. The number of ether oxygens (including phenoxy) is 1. The summed E-state index contributed by atoms with van der Waals surface area (Å²) < 4.78 is 6.51. The lowest BCUT2D eigenvalue weighted by atomic mass is 9.34. The van der Waals surface area contributed by atoms with Gasteiger partial charge in [-0.2, -0.15) is 0 Å². The summed E-state index contributed by atoms with van der Waals surface area (Å²) in [6, 6.07) is 53.8. The van der Waals surface area contributed by atoms with Gasteiger partial charge in [0, 0.05) is 5.69 Å². The second kappa shape index (κ2) is 8.11. The van der Waals surface area contributed by atoms with Crippen LogP contribution in [0.5, 0.6) is 11.5 Å². The number of benzene rings is 6. The van der Waals surface area contributed by atoms with Gasteiger partial charge < -0.3 is 9.64 Å². The third-order valence-corrected chi connectivity index (χ3v) is 13.9. The van der Waals surface area contributed by atoms with E-state index in [1.54, 1.807) is 0 Å². The summed E-state index contributed by atoms with van der Waals surface area (Å²) in [4.78, 5) is 2.46. The zero-order valence-corrected chi connectivity index (χ0v) is 22.8. The van der Waals surface area contributed by atoms with E-state index in [4.69, 9.17) is 4.74 Å². The first kappa shape index (κ1) is 22.1. The zero-order valence-electron chi connectivity index (χ0n) is 21.8. The predicted molar refractivity (Wildman–Crippen MR) is 169 cm³/mol. The van der Waals surface area contributed by atoms with Crippen LogP contribution in [0, 0.1) is 0 Å². The van der Waals surface area contributed by atoms with Gasteiger partial charge in [0.05, 0.1) is 11.4 Å². The Morgan fingerprint density at radius 3 is 1.85 bits per heavy atom. The lowest BCUT2D eigenvalue weighted by molar-refractivity contribution is 0.477. The van der Waals surface area contributed by atoms with Crippen molar-refractivity contribution in [2.75, 3.05) is 4.90 Å². The van der Waals surface area contributed by atoms with Crippen molar-refractivity contribution in [3.8, 4) is 11.5 Å². The molecule has 3 heterocycles. The number of rotatable bonds is 2. The molecule has 0 aromatic heterocycles. The molecule has 6 aromatic rings. The van der Waals surface area contributed by atoms with Gasteiger partial charge >= 0.3 is 0 Å². The monoisotopic (exact) mass is 525 g/mol. The van der Waals surface area contributed by atoms with Gasteiger partial charge in [-0.3, -0.25) is 0 Å². The molecule has 0 spiro atoms. The topological polar surface area (TPSA) is 12.5 Å². The second-order valence-electron chi connectivity index (χ2n) is 10.8. The van der Waals surface area contributed by atoms with E-state index >= 15 is 0 Å². The molecular weight excluding hydrogens is 501 g/mol. The summed E-state index contributed by atoms with van der Waals surface area (Å²) in [5.74, 6) is 1.82. The van der Waals surface area contributed by atoms with Crippen LogP contribution in [0.25, 0.3) is 0 Å². The van der Waals surface area contributed by atoms with Gasteiger partial charge in [-0.25, -0.2) is 0 Å². The van der Waals surface area contributed by atoms with E-state index in [1.165, 1.54) is 48.5 Å². The molecule has 0 saturated heterocycles. The van der Waals surface area contributed by atoms with Crippen LogP contribution < -0.4 is 46.8 Å². The predicted octanol–water partition coefficient (Wildman–Crippen LogP) is 3.78. The first-order chi connectivity index (χ1) is 19.9. The van der Waals surface area contributed by atoms with Gasteiger partial charge in [-0.1, -0.05) is 127 Å². The van der Waals surface area contributed by atoms with Crippen molar-refractivity contribution in [1.29, 1.82) is 0 Å². The number of para-hydroxylation sites is 3. The molecule has 4 heteroatoms. The largest absolute Gasteiger partial charge is 0.453 e. The average molecular weight is 525 g/mol. The Bertz CT molecular complexity index is 1920. The highest BCUT2D eigenvalue weighted by Gasteiger charge is 2.53. The van der Waals surface area contributed by atoms with Crippen LogP contribution in [-0.2, 0) is 0 Å². The number of hydrogen-bond donors (Lipinski definition) is 0. The van der Waals surface area contributed by atoms with Crippen LogP contribution in [0.4, 0.5) is 17.1 Å². The van der Waals surface area contributed by atoms with Gasteiger partial charge in [0.1, 0.15) is 0 Å². The molecule has 9 rings (SSSR count). The summed E-state index contributed by atoms with van der Waals surface area (Å²) in [5, 5.41) is 5.79. The third-order valence-electron chi connectivity index (χ3n) is 9.00. The minimum Gasteiger partial charge on any atom is -0.453 e. The van der Waals surface area contributed by atoms with Crippen molar-refractivity contribution in [1.82, 2.24) is 0 Å². The van der Waals surface area contributed by atoms with Crippen LogP contribution in [0.2, 0.25) is 0 Å². The standard InChI is InChI=1S/C36H24BNOSi/c1-3-13-25(14-4-1)40(26-15-5-2-6-16-26)33-23-10-7-17-27(33)37-28-18-11-22-32-36(28)38(29-19-8-9-21-31(29)39-32)30-20-12-24-34(40)35(30)37/h1-24H. The molecule has 0 saturated carbocycles. The smallest absolute Gasteiger partial charge is 0.246 e. The molecule has 3 aliphatic heterocycles. The van der Waals surface area contributed by atoms with Crippen molar-refractivity contribution in [2.24, 2.45) is 0 Å². The molecule has 0 amide bonds. The SMILES string of the molecule is c1ccc([Si]2(c3ccccc3)c3ccccc3B3c4cccc5c4N(c4ccccc4O5)c4cccc2c43)cc1. The maximum absolute atomic E-state index is 6.51. The molecule has 0 unspecified atom stereocenters. The normalized spacial score (nSPS) is 14.8. The summed E-state index contributed by atoms with van der Waals surface area (Å²) in [5.41, 5.74) is 7.68. The summed E-state index contributed by atoms with van der Waals surface area (Å²) in [7, 11) is -2.64. The number of nitrogens with zero attached hydrogens (tertiary/aromatic N) is 1. The molecular formula is C36H24BNOSi. The Hall–Kier alpha value is -4.80. The number of hydrogen-bond acceptors (Lipinski definition) is 2. The van der Waals surface area contributed by atoms with Crippen molar-refractivity contribution >= 4 is 69.0 Å². The average Bonchev–Trinajstić information content (AvgIpc) is 3.03. The molecule has 0 bridgehead atoms. The quantitative estimate of drug-likeness (QED) is 0.319. The summed E-state index contributed by atoms with van der Waals surface area (Å²) in [6.45, 7) is 0.135. The van der Waals surface area contributed by atoms with E-state index in [0.717, 1.165) is 17.2 Å². The summed E-state index contributed by atoms with van der Waals surface area (Å²) in [6.07, 6.45) is 0. The van der Waals surface area contributed by atoms with Crippen LogP contribution >= 0.6 is 0 Å². The van der Waals surface area contributed by atoms with Crippen molar-refractivity contribution in [3.63, 3.8) is 0 Å². The Balaban J connectivity index is 1.47. The van der Waals surface area contributed by atoms with Gasteiger partial charge in [-0.15, -0.1) is 0 Å². The Kier molecular flexibility index (Phi) is 4.47. The Morgan fingerprint density at radius 1 is 0.475 bits per heavy atom. The maximum Gasteiger partial charge on any atom is 0.246 e. The van der Waals surface area contributed by atoms with Gasteiger partial charge in [0.25, 0.3) is 0 Å². The van der Waals surface area contributed by atoms with Crippen molar-refractivity contribution in [3.05, 3.63) is 146 Å². The molecule has 186 valence electrons. The maximum atomic E-state index is 6.51. The van der Waals surface area contributed by atoms with E-state index in [2.05, 4.69) is 150 Å². The molecule has 0 atom stereocenters. The fourth-order valence-corrected chi connectivity index (χ4v) is 12.9. The molecule has 0 radical (unpaired) electrons.